The summed E-state index contributed by atoms with van der Waals surface area (Å²) in [5, 5.41) is 8.45. The van der Waals surface area contributed by atoms with E-state index < -0.39 is 0 Å². The molecule has 0 fully saturated rings. The van der Waals surface area contributed by atoms with E-state index in [1.807, 2.05) is 13.8 Å². The van der Waals surface area contributed by atoms with Gasteiger partial charge in [0.1, 0.15) is 0 Å². The fourth-order valence-corrected chi connectivity index (χ4v) is 2.28. The second-order valence-electron chi connectivity index (χ2n) is 6.86. The Kier molecular flexibility index (Phi) is 8.78. The molecule has 0 saturated heterocycles. The molecule has 7 nitrogen and oxygen atoms in total. The van der Waals surface area contributed by atoms with Crippen LogP contribution >= 0.6 is 0 Å². The zero-order valence-corrected chi connectivity index (χ0v) is 16.3. The lowest BCUT2D eigenvalue weighted by molar-refractivity contribution is -0.881. The molecule has 1 aromatic carbocycles. The van der Waals surface area contributed by atoms with Crippen molar-refractivity contribution in [1.82, 2.24) is 5.32 Å². The lowest BCUT2D eigenvalue weighted by atomic mass is 10.1. The smallest absolute Gasteiger partial charge is 0.279 e. The molecule has 0 bridgehead atoms. The van der Waals surface area contributed by atoms with E-state index in [2.05, 4.69) is 29.8 Å². The van der Waals surface area contributed by atoms with Crippen LogP contribution in [0.15, 0.2) is 24.3 Å². The van der Waals surface area contributed by atoms with Crippen LogP contribution in [0, 0.1) is 5.92 Å². The van der Waals surface area contributed by atoms with E-state index in [4.69, 9.17) is 0 Å². The van der Waals surface area contributed by atoms with E-state index in [-0.39, 0.29) is 36.9 Å². The number of nitrogens with one attached hydrogen (secondary N) is 4. The number of quaternary nitrogens is 1. The molecule has 144 valence electrons. The summed E-state index contributed by atoms with van der Waals surface area (Å²) in [5.74, 6) is 0.0242. The molecular formula is C19H31N4O3+. The molecule has 1 rings (SSSR count). The molecule has 1 aromatic rings. The normalized spacial score (nSPS) is 13.0. The van der Waals surface area contributed by atoms with Gasteiger partial charge >= 0.3 is 0 Å². The maximum atomic E-state index is 12.2. The second-order valence-corrected chi connectivity index (χ2v) is 6.86. The Hall–Kier alpha value is -2.41. The van der Waals surface area contributed by atoms with E-state index in [9.17, 15) is 14.4 Å². The Morgan fingerprint density at radius 3 is 1.88 bits per heavy atom. The Balaban J connectivity index is 2.51. The summed E-state index contributed by atoms with van der Waals surface area (Å²) >= 11 is 0. The van der Waals surface area contributed by atoms with Crippen molar-refractivity contribution in [2.75, 3.05) is 30.3 Å². The number of anilines is 2. The van der Waals surface area contributed by atoms with Crippen LogP contribution in [-0.2, 0) is 14.4 Å². The standard InChI is InChI=1S/C19H30N4O3/c1-6-23(11-18(25)20-14(4)13(2)3)12-19(26)22-17-9-7-16(8-10-17)21-15(5)24/h7-10,13-14H,6,11-12H2,1-5H3,(H,20,25)(H,21,24)(H,22,26)/p+1/t14-/m1/s1. The minimum absolute atomic E-state index is 0.0458. The number of carbonyl (C=O) groups is 3. The summed E-state index contributed by atoms with van der Waals surface area (Å²) < 4.78 is 0. The number of amides is 3. The highest BCUT2D eigenvalue weighted by Gasteiger charge is 2.18. The molecular weight excluding hydrogens is 332 g/mol. The third-order valence-electron chi connectivity index (χ3n) is 4.20. The first-order valence-electron chi connectivity index (χ1n) is 9.01. The number of hydrogen-bond acceptors (Lipinski definition) is 3. The minimum Gasteiger partial charge on any atom is -0.348 e. The Morgan fingerprint density at radius 1 is 0.923 bits per heavy atom. The van der Waals surface area contributed by atoms with Gasteiger partial charge in [-0.25, -0.2) is 0 Å². The van der Waals surface area contributed by atoms with Crippen LogP contribution < -0.4 is 20.9 Å². The molecule has 0 aliphatic carbocycles. The zero-order valence-electron chi connectivity index (χ0n) is 16.3. The lowest BCUT2D eigenvalue weighted by Crippen LogP contribution is -3.14. The van der Waals surface area contributed by atoms with Gasteiger partial charge < -0.3 is 20.9 Å². The highest BCUT2D eigenvalue weighted by molar-refractivity contribution is 5.92. The van der Waals surface area contributed by atoms with Crippen LogP contribution in [0.1, 0.15) is 34.6 Å². The quantitative estimate of drug-likeness (QED) is 0.519. The van der Waals surface area contributed by atoms with Gasteiger partial charge in [-0.05, 0) is 44.0 Å². The van der Waals surface area contributed by atoms with Gasteiger partial charge in [-0.2, -0.15) is 0 Å². The summed E-state index contributed by atoms with van der Waals surface area (Å²) in [4.78, 5) is 36.2. The maximum Gasteiger partial charge on any atom is 0.279 e. The first-order valence-corrected chi connectivity index (χ1v) is 9.01. The van der Waals surface area contributed by atoms with Gasteiger partial charge in [-0.15, -0.1) is 0 Å². The molecule has 3 amide bonds. The average Bonchev–Trinajstić information content (AvgIpc) is 2.55. The second kappa shape index (κ2) is 10.6. The van der Waals surface area contributed by atoms with Gasteiger partial charge in [-0.3, -0.25) is 14.4 Å². The van der Waals surface area contributed by atoms with Gasteiger partial charge in [0.2, 0.25) is 5.91 Å². The number of benzene rings is 1. The minimum atomic E-state index is -0.154. The van der Waals surface area contributed by atoms with Crippen molar-refractivity contribution in [2.45, 2.75) is 40.7 Å². The van der Waals surface area contributed by atoms with Gasteiger partial charge in [0.25, 0.3) is 11.8 Å². The molecule has 4 N–H and O–H groups in total. The van der Waals surface area contributed by atoms with Crippen molar-refractivity contribution in [3.63, 3.8) is 0 Å². The average molecular weight is 363 g/mol. The zero-order chi connectivity index (χ0) is 19.7. The first kappa shape index (κ1) is 21.6. The summed E-state index contributed by atoms with van der Waals surface area (Å²) in [7, 11) is 0. The molecule has 0 spiro atoms. The fourth-order valence-electron chi connectivity index (χ4n) is 2.28. The predicted octanol–water partition coefficient (Wildman–Crippen LogP) is 0.649. The van der Waals surface area contributed by atoms with Crippen LogP contribution in [0.2, 0.25) is 0 Å². The third kappa shape index (κ3) is 8.11. The highest BCUT2D eigenvalue weighted by atomic mass is 16.2. The Bertz CT molecular complexity index is 614. The molecule has 26 heavy (non-hydrogen) atoms. The maximum absolute atomic E-state index is 12.2. The van der Waals surface area contributed by atoms with Crippen molar-refractivity contribution in [3.05, 3.63) is 24.3 Å². The highest BCUT2D eigenvalue weighted by Crippen LogP contribution is 2.13. The van der Waals surface area contributed by atoms with Crippen LogP contribution in [0.25, 0.3) is 0 Å². The topological polar surface area (TPSA) is 91.7 Å². The molecule has 0 radical (unpaired) electrons. The first-order chi connectivity index (χ1) is 12.2. The van der Waals surface area contributed by atoms with Crippen LogP contribution in [0.3, 0.4) is 0 Å². The number of rotatable bonds is 9. The van der Waals surface area contributed by atoms with E-state index in [0.717, 1.165) is 4.90 Å². The van der Waals surface area contributed by atoms with Crippen LogP contribution in [0.4, 0.5) is 11.4 Å². The Morgan fingerprint density at radius 2 is 1.42 bits per heavy atom. The van der Waals surface area contributed by atoms with Gasteiger partial charge in [0.05, 0.1) is 6.54 Å². The summed E-state index contributed by atoms with van der Waals surface area (Å²) in [6, 6.07) is 7.01. The molecule has 1 unspecified atom stereocenters. The van der Waals surface area contributed by atoms with Crippen molar-refractivity contribution in [2.24, 2.45) is 5.92 Å². The number of hydrogen-bond donors (Lipinski definition) is 4. The van der Waals surface area contributed by atoms with E-state index >= 15 is 0 Å². The molecule has 0 heterocycles. The van der Waals surface area contributed by atoms with E-state index in [0.29, 0.717) is 23.8 Å². The molecule has 0 aromatic heterocycles. The molecule has 0 aliphatic rings. The van der Waals surface area contributed by atoms with Gasteiger partial charge in [0, 0.05) is 24.3 Å². The van der Waals surface area contributed by atoms with Gasteiger partial charge in [-0.1, -0.05) is 13.8 Å². The van der Waals surface area contributed by atoms with E-state index in [1.165, 1.54) is 6.92 Å². The van der Waals surface area contributed by atoms with E-state index in [1.54, 1.807) is 24.3 Å². The van der Waals surface area contributed by atoms with Crippen LogP contribution in [0.5, 0.6) is 0 Å². The van der Waals surface area contributed by atoms with Crippen molar-refractivity contribution in [3.8, 4) is 0 Å². The van der Waals surface area contributed by atoms with Gasteiger partial charge in [0.15, 0.2) is 13.1 Å². The summed E-state index contributed by atoms with van der Waals surface area (Å²) in [5.41, 5.74) is 1.32. The molecule has 2 atom stereocenters. The molecule has 7 heteroatoms. The lowest BCUT2D eigenvalue weighted by Gasteiger charge is -2.20. The van der Waals surface area contributed by atoms with Crippen molar-refractivity contribution < 1.29 is 19.3 Å². The monoisotopic (exact) mass is 363 g/mol. The number of likely N-dealkylation sites (N-methyl/N-ethyl adjacent to an activating group) is 1. The SMILES string of the molecule is CC[NH+](CC(=O)Nc1ccc(NC(C)=O)cc1)CC(=O)N[C@H](C)C(C)C. The largest absolute Gasteiger partial charge is 0.348 e. The number of carbonyl (C=O) groups excluding carboxylic acids is 3. The molecule has 0 saturated carbocycles. The van der Waals surface area contributed by atoms with Crippen molar-refractivity contribution >= 4 is 29.1 Å². The predicted molar refractivity (Wildman–Crippen MR) is 103 cm³/mol. The Labute approximate surface area is 155 Å². The fraction of sp³-hybridized carbons (Fsp3) is 0.526. The summed E-state index contributed by atoms with van der Waals surface area (Å²) in [6.45, 7) is 10.6. The van der Waals surface area contributed by atoms with Crippen LogP contribution in [-0.4, -0.2) is 43.4 Å². The third-order valence-corrected chi connectivity index (χ3v) is 4.20. The summed E-state index contributed by atoms with van der Waals surface area (Å²) in [6.07, 6.45) is 0. The molecule has 0 aliphatic heterocycles. The van der Waals surface area contributed by atoms with Crippen molar-refractivity contribution in [1.29, 1.82) is 0 Å².